The van der Waals surface area contributed by atoms with Crippen LogP contribution in [0.4, 0.5) is 0 Å². The molecule has 2 N–H and O–H groups in total. The molecule has 0 radical (unpaired) electrons. The van der Waals surface area contributed by atoms with Crippen LogP contribution in [0.5, 0.6) is 0 Å². The van der Waals surface area contributed by atoms with Gasteiger partial charge in [0.25, 0.3) is 0 Å². The molecule has 0 aromatic heterocycles. The lowest BCUT2D eigenvalue weighted by Gasteiger charge is -2.22. The van der Waals surface area contributed by atoms with Crippen molar-refractivity contribution in [3.63, 3.8) is 0 Å². The second-order valence-electron chi connectivity index (χ2n) is 4.13. The van der Waals surface area contributed by atoms with Crippen molar-refractivity contribution in [2.45, 2.75) is 32.6 Å². The Morgan fingerprint density at radius 3 is 2.46 bits per heavy atom. The summed E-state index contributed by atoms with van der Waals surface area (Å²) in [7, 11) is 1.89. The summed E-state index contributed by atoms with van der Waals surface area (Å²) in [6, 6.07) is 0. The normalized spacial score (nSPS) is 20.2. The van der Waals surface area contributed by atoms with E-state index in [9.17, 15) is 4.79 Å². The lowest BCUT2D eigenvalue weighted by molar-refractivity contribution is -0.129. The van der Waals surface area contributed by atoms with E-state index in [0.717, 1.165) is 25.9 Å². The van der Waals surface area contributed by atoms with Gasteiger partial charge in [0.05, 0.1) is 0 Å². The van der Waals surface area contributed by atoms with Gasteiger partial charge in [0.15, 0.2) is 0 Å². The van der Waals surface area contributed by atoms with Gasteiger partial charge in [0, 0.05) is 18.5 Å². The van der Waals surface area contributed by atoms with E-state index in [-0.39, 0.29) is 11.3 Å². The van der Waals surface area contributed by atoms with Crippen molar-refractivity contribution < 1.29 is 4.79 Å². The van der Waals surface area contributed by atoms with Crippen LogP contribution in [-0.2, 0) is 4.79 Å². The molecule has 1 fully saturated rings. The molecule has 0 aromatic carbocycles. The fraction of sp³-hybridized carbons (Fsp3) is 0.900. The molecule has 0 unspecified atom stereocenters. The van der Waals surface area contributed by atoms with Crippen LogP contribution in [-0.4, -0.2) is 26.0 Å². The van der Waals surface area contributed by atoms with E-state index in [1.165, 1.54) is 12.8 Å². The van der Waals surface area contributed by atoms with Gasteiger partial charge in [-0.1, -0.05) is 19.8 Å². The van der Waals surface area contributed by atoms with Crippen LogP contribution in [0.1, 0.15) is 32.6 Å². The van der Waals surface area contributed by atoms with Crippen molar-refractivity contribution in [1.82, 2.24) is 10.6 Å². The number of likely N-dealkylation sites (N-methyl/N-ethyl adjacent to an activating group) is 1. The molecule has 0 aliphatic heterocycles. The maximum absolute atomic E-state index is 11.7. The van der Waals surface area contributed by atoms with E-state index in [1.807, 2.05) is 7.05 Å². The average Bonchev–Trinajstić information content (AvgIpc) is 2.54. The first-order valence-electron chi connectivity index (χ1n) is 5.12. The van der Waals surface area contributed by atoms with Crippen LogP contribution in [0.2, 0.25) is 0 Å². The largest absolute Gasteiger partial charge is 0.354 e. The van der Waals surface area contributed by atoms with Gasteiger partial charge in [-0.25, -0.2) is 0 Å². The summed E-state index contributed by atoms with van der Waals surface area (Å²) < 4.78 is 0. The third-order valence-electron chi connectivity index (χ3n) is 2.92. The summed E-state index contributed by atoms with van der Waals surface area (Å²) in [5.41, 5.74) is -0.0757. The van der Waals surface area contributed by atoms with Crippen molar-refractivity contribution in [2.24, 2.45) is 5.41 Å². The van der Waals surface area contributed by atoms with Crippen LogP contribution >= 0.6 is 0 Å². The minimum absolute atomic E-state index is 0.0757. The molecule has 3 nitrogen and oxygen atoms in total. The predicted octanol–water partition coefficient (Wildman–Crippen LogP) is 0.902. The van der Waals surface area contributed by atoms with Crippen molar-refractivity contribution in [3.05, 3.63) is 0 Å². The van der Waals surface area contributed by atoms with Crippen molar-refractivity contribution >= 4 is 5.91 Å². The number of hydrogen-bond acceptors (Lipinski definition) is 2. The SMILES string of the molecule is CNCCNC(=O)C1(C)CCCC1. The number of carbonyl (C=O) groups excluding carboxylic acids is 1. The third kappa shape index (κ3) is 2.69. The van der Waals surface area contributed by atoms with Crippen molar-refractivity contribution in [2.75, 3.05) is 20.1 Å². The number of amides is 1. The molecular formula is C10H20N2O. The molecular weight excluding hydrogens is 164 g/mol. The van der Waals surface area contributed by atoms with E-state index in [2.05, 4.69) is 17.6 Å². The Balaban J connectivity index is 2.29. The predicted molar refractivity (Wildman–Crippen MR) is 53.5 cm³/mol. The Hall–Kier alpha value is -0.570. The minimum atomic E-state index is -0.0757. The van der Waals surface area contributed by atoms with Gasteiger partial charge in [-0.15, -0.1) is 0 Å². The topological polar surface area (TPSA) is 41.1 Å². The highest BCUT2D eigenvalue weighted by Gasteiger charge is 2.35. The maximum atomic E-state index is 11.7. The molecule has 1 aliphatic rings. The van der Waals surface area contributed by atoms with Gasteiger partial charge in [0.1, 0.15) is 0 Å². The smallest absolute Gasteiger partial charge is 0.225 e. The Bertz CT molecular complexity index is 174. The molecule has 0 saturated heterocycles. The third-order valence-corrected chi connectivity index (χ3v) is 2.92. The summed E-state index contributed by atoms with van der Waals surface area (Å²) in [5.74, 6) is 0.236. The molecule has 1 saturated carbocycles. The zero-order valence-corrected chi connectivity index (χ0v) is 8.65. The standard InChI is InChI=1S/C10H20N2O/c1-10(5-3-4-6-10)9(13)12-8-7-11-2/h11H,3-8H2,1-2H3,(H,12,13). The van der Waals surface area contributed by atoms with E-state index in [4.69, 9.17) is 0 Å². The van der Waals surface area contributed by atoms with E-state index >= 15 is 0 Å². The van der Waals surface area contributed by atoms with Crippen LogP contribution in [0.15, 0.2) is 0 Å². The molecule has 1 aliphatic carbocycles. The fourth-order valence-corrected chi connectivity index (χ4v) is 1.90. The van der Waals surface area contributed by atoms with Crippen LogP contribution in [0, 0.1) is 5.41 Å². The molecule has 0 heterocycles. The van der Waals surface area contributed by atoms with Gasteiger partial charge in [-0.2, -0.15) is 0 Å². The fourth-order valence-electron chi connectivity index (χ4n) is 1.90. The molecule has 0 atom stereocenters. The molecule has 3 heteroatoms. The Labute approximate surface area is 80.3 Å². The van der Waals surface area contributed by atoms with E-state index in [1.54, 1.807) is 0 Å². The lowest BCUT2D eigenvalue weighted by Crippen LogP contribution is -2.39. The summed E-state index contributed by atoms with van der Waals surface area (Å²) in [6.07, 6.45) is 4.52. The molecule has 13 heavy (non-hydrogen) atoms. The molecule has 1 rings (SSSR count). The van der Waals surface area contributed by atoms with Gasteiger partial charge in [0.2, 0.25) is 5.91 Å². The molecule has 76 valence electrons. The highest BCUT2D eigenvalue weighted by Crippen LogP contribution is 2.37. The summed E-state index contributed by atoms with van der Waals surface area (Å²) in [4.78, 5) is 11.7. The number of nitrogens with one attached hydrogen (secondary N) is 2. The zero-order chi connectivity index (χ0) is 9.73. The molecule has 0 bridgehead atoms. The Kier molecular flexibility index (Phi) is 3.72. The highest BCUT2D eigenvalue weighted by atomic mass is 16.2. The van der Waals surface area contributed by atoms with E-state index < -0.39 is 0 Å². The van der Waals surface area contributed by atoms with Gasteiger partial charge < -0.3 is 10.6 Å². The summed E-state index contributed by atoms with van der Waals surface area (Å²) in [5, 5.41) is 5.98. The Morgan fingerprint density at radius 2 is 1.92 bits per heavy atom. The van der Waals surface area contributed by atoms with Crippen molar-refractivity contribution in [1.29, 1.82) is 0 Å². The molecule has 0 spiro atoms. The van der Waals surface area contributed by atoms with E-state index in [0.29, 0.717) is 0 Å². The van der Waals surface area contributed by atoms with Gasteiger partial charge in [-0.3, -0.25) is 4.79 Å². The van der Waals surface area contributed by atoms with Gasteiger partial charge in [-0.05, 0) is 19.9 Å². The first-order valence-corrected chi connectivity index (χ1v) is 5.12. The van der Waals surface area contributed by atoms with Crippen LogP contribution in [0.25, 0.3) is 0 Å². The average molecular weight is 184 g/mol. The van der Waals surface area contributed by atoms with Gasteiger partial charge >= 0.3 is 0 Å². The van der Waals surface area contributed by atoms with Crippen LogP contribution in [0.3, 0.4) is 0 Å². The molecule has 0 aromatic rings. The first-order chi connectivity index (χ1) is 6.19. The first kappa shape index (κ1) is 10.5. The highest BCUT2D eigenvalue weighted by molar-refractivity contribution is 5.82. The Morgan fingerprint density at radius 1 is 1.31 bits per heavy atom. The lowest BCUT2D eigenvalue weighted by atomic mass is 9.88. The zero-order valence-electron chi connectivity index (χ0n) is 8.65. The number of carbonyl (C=O) groups is 1. The second kappa shape index (κ2) is 4.61. The monoisotopic (exact) mass is 184 g/mol. The minimum Gasteiger partial charge on any atom is -0.354 e. The number of rotatable bonds is 4. The molecule has 1 amide bonds. The summed E-state index contributed by atoms with van der Waals surface area (Å²) in [6.45, 7) is 3.67. The van der Waals surface area contributed by atoms with Crippen molar-refractivity contribution in [3.8, 4) is 0 Å². The quantitative estimate of drug-likeness (QED) is 0.637. The number of hydrogen-bond donors (Lipinski definition) is 2. The second-order valence-corrected chi connectivity index (χ2v) is 4.13. The maximum Gasteiger partial charge on any atom is 0.225 e. The summed E-state index contributed by atoms with van der Waals surface area (Å²) >= 11 is 0. The van der Waals surface area contributed by atoms with Crippen LogP contribution < -0.4 is 10.6 Å².